The van der Waals surface area contributed by atoms with Crippen LogP contribution in [0.4, 0.5) is 0 Å². The van der Waals surface area contributed by atoms with Gasteiger partial charge in [0.05, 0.1) is 12.2 Å². The highest BCUT2D eigenvalue weighted by atomic mass is 79.9. The number of hydrogen-bond acceptors (Lipinski definition) is 4. The highest BCUT2D eigenvalue weighted by Crippen LogP contribution is 2.21. The summed E-state index contributed by atoms with van der Waals surface area (Å²) < 4.78 is 4.77. The van der Waals surface area contributed by atoms with Crippen LogP contribution in [0.1, 0.15) is 16.8 Å². The third-order valence-electron chi connectivity index (χ3n) is 3.25. The van der Waals surface area contributed by atoms with Crippen molar-refractivity contribution in [2.45, 2.75) is 26.4 Å². The fourth-order valence-corrected chi connectivity index (χ4v) is 2.50. The van der Waals surface area contributed by atoms with Gasteiger partial charge in [-0.2, -0.15) is 5.10 Å². The summed E-state index contributed by atoms with van der Waals surface area (Å²) in [6.45, 7) is 3.55. The first-order valence-corrected chi connectivity index (χ1v) is 7.47. The molecule has 0 saturated carbocycles. The van der Waals surface area contributed by atoms with Gasteiger partial charge in [-0.25, -0.2) is 9.67 Å². The molecule has 0 N–H and O–H groups in total. The molecule has 0 bridgehead atoms. The minimum Gasteiger partial charge on any atom is -0.253 e. The van der Waals surface area contributed by atoms with E-state index in [1.807, 2.05) is 10.9 Å². The van der Waals surface area contributed by atoms with Gasteiger partial charge in [0.25, 0.3) is 0 Å². The number of aromatic nitrogens is 6. The van der Waals surface area contributed by atoms with Crippen molar-refractivity contribution in [3.63, 3.8) is 0 Å². The number of hydrogen-bond donors (Lipinski definition) is 0. The maximum Gasteiger partial charge on any atom is 0.137 e. The van der Waals surface area contributed by atoms with Gasteiger partial charge >= 0.3 is 0 Å². The van der Waals surface area contributed by atoms with Gasteiger partial charge in [0, 0.05) is 23.6 Å². The lowest BCUT2D eigenvalue weighted by Gasteiger charge is -2.06. The molecule has 6 nitrogen and oxygen atoms in total. The van der Waals surface area contributed by atoms with Gasteiger partial charge < -0.3 is 0 Å². The van der Waals surface area contributed by atoms with Crippen LogP contribution in [0.15, 0.2) is 41.5 Å². The molecule has 3 aromatic rings. The number of aryl methyl sites for hydroxylation is 3. The quantitative estimate of drug-likeness (QED) is 0.710. The summed E-state index contributed by atoms with van der Waals surface area (Å²) in [7, 11) is 0. The molecular formula is C14H15BrN6. The van der Waals surface area contributed by atoms with E-state index in [0.29, 0.717) is 6.54 Å². The van der Waals surface area contributed by atoms with Crippen molar-refractivity contribution < 1.29 is 0 Å². The Morgan fingerprint density at radius 3 is 2.95 bits per heavy atom. The molecule has 0 aliphatic carbocycles. The fourth-order valence-electron chi connectivity index (χ4n) is 2.11. The van der Waals surface area contributed by atoms with Gasteiger partial charge in [0.1, 0.15) is 12.7 Å². The summed E-state index contributed by atoms with van der Waals surface area (Å²) in [4.78, 5) is 3.92. The molecule has 0 amide bonds. The zero-order valence-corrected chi connectivity index (χ0v) is 13.2. The first kappa shape index (κ1) is 13.9. The van der Waals surface area contributed by atoms with E-state index < -0.39 is 0 Å². The van der Waals surface area contributed by atoms with Crippen LogP contribution in [0.25, 0.3) is 0 Å². The summed E-state index contributed by atoms with van der Waals surface area (Å²) in [6.07, 6.45) is 6.00. The minimum absolute atomic E-state index is 0.707. The summed E-state index contributed by atoms with van der Waals surface area (Å²) >= 11 is 3.62. The Morgan fingerprint density at radius 2 is 2.14 bits per heavy atom. The Kier molecular flexibility index (Phi) is 4.10. The molecule has 2 heterocycles. The van der Waals surface area contributed by atoms with Crippen LogP contribution in [0.2, 0.25) is 0 Å². The van der Waals surface area contributed by atoms with Crippen LogP contribution >= 0.6 is 15.9 Å². The normalized spacial score (nSPS) is 11.0. The van der Waals surface area contributed by atoms with Crippen molar-refractivity contribution in [1.82, 2.24) is 29.8 Å². The SMILES string of the molecule is Cc1cccc(Cn2cc(CCn3cncn3)nn2)c1Br. The third kappa shape index (κ3) is 3.36. The van der Waals surface area contributed by atoms with E-state index in [0.717, 1.165) is 23.1 Å². The molecule has 108 valence electrons. The van der Waals surface area contributed by atoms with E-state index in [2.05, 4.69) is 61.4 Å². The summed E-state index contributed by atoms with van der Waals surface area (Å²) in [5, 5.41) is 12.5. The molecule has 7 heteroatoms. The van der Waals surface area contributed by atoms with Crippen molar-refractivity contribution in [2.75, 3.05) is 0 Å². The van der Waals surface area contributed by atoms with Crippen LogP contribution in [0, 0.1) is 6.92 Å². The van der Waals surface area contributed by atoms with Crippen molar-refractivity contribution in [3.05, 3.63) is 58.3 Å². The molecule has 3 rings (SSSR count). The maximum absolute atomic E-state index is 4.20. The van der Waals surface area contributed by atoms with E-state index in [4.69, 9.17) is 0 Å². The van der Waals surface area contributed by atoms with E-state index in [1.165, 1.54) is 17.5 Å². The molecule has 0 aliphatic rings. The molecule has 2 aromatic heterocycles. The van der Waals surface area contributed by atoms with Gasteiger partial charge in [0.2, 0.25) is 0 Å². The van der Waals surface area contributed by atoms with Crippen molar-refractivity contribution in [2.24, 2.45) is 0 Å². The summed E-state index contributed by atoms with van der Waals surface area (Å²) in [5.41, 5.74) is 3.37. The van der Waals surface area contributed by atoms with Crippen molar-refractivity contribution >= 4 is 15.9 Å². The smallest absolute Gasteiger partial charge is 0.137 e. The first-order valence-electron chi connectivity index (χ1n) is 6.68. The largest absolute Gasteiger partial charge is 0.253 e. The summed E-state index contributed by atoms with van der Waals surface area (Å²) in [6, 6.07) is 6.23. The lowest BCUT2D eigenvalue weighted by atomic mass is 10.1. The highest BCUT2D eigenvalue weighted by molar-refractivity contribution is 9.10. The Balaban J connectivity index is 1.66. The second-order valence-corrected chi connectivity index (χ2v) is 5.66. The van der Waals surface area contributed by atoms with Crippen LogP contribution in [0.5, 0.6) is 0 Å². The predicted octanol–water partition coefficient (Wildman–Crippen LogP) is 2.23. The molecule has 0 unspecified atom stereocenters. The fraction of sp³-hybridized carbons (Fsp3) is 0.286. The van der Waals surface area contributed by atoms with Crippen LogP contribution in [-0.4, -0.2) is 29.8 Å². The molecule has 1 aromatic carbocycles. The van der Waals surface area contributed by atoms with E-state index in [9.17, 15) is 0 Å². The van der Waals surface area contributed by atoms with Crippen molar-refractivity contribution in [1.29, 1.82) is 0 Å². The van der Waals surface area contributed by atoms with Crippen LogP contribution < -0.4 is 0 Å². The van der Waals surface area contributed by atoms with E-state index >= 15 is 0 Å². The molecule has 21 heavy (non-hydrogen) atoms. The maximum atomic E-state index is 4.20. The Morgan fingerprint density at radius 1 is 1.24 bits per heavy atom. The zero-order chi connectivity index (χ0) is 14.7. The predicted molar refractivity (Wildman–Crippen MR) is 81.7 cm³/mol. The van der Waals surface area contributed by atoms with Gasteiger partial charge in [-0.15, -0.1) is 5.10 Å². The van der Waals surface area contributed by atoms with Gasteiger partial charge in [-0.3, -0.25) is 4.68 Å². The monoisotopic (exact) mass is 346 g/mol. The second kappa shape index (κ2) is 6.17. The topological polar surface area (TPSA) is 61.4 Å². The van der Waals surface area contributed by atoms with Crippen molar-refractivity contribution in [3.8, 4) is 0 Å². The lowest BCUT2D eigenvalue weighted by molar-refractivity contribution is 0.605. The molecule has 0 aliphatic heterocycles. The molecule has 0 atom stereocenters. The Hall–Kier alpha value is -2.02. The Bertz CT molecular complexity index is 719. The molecule has 0 saturated heterocycles. The number of halogens is 1. The van der Waals surface area contributed by atoms with E-state index in [1.54, 1.807) is 11.0 Å². The lowest BCUT2D eigenvalue weighted by Crippen LogP contribution is -2.02. The average Bonchev–Trinajstić information content (AvgIpc) is 3.13. The number of benzene rings is 1. The Labute approximate surface area is 130 Å². The van der Waals surface area contributed by atoms with Crippen LogP contribution in [0.3, 0.4) is 0 Å². The second-order valence-electron chi connectivity index (χ2n) is 4.86. The van der Waals surface area contributed by atoms with E-state index in [-0.39, 0.29) is 0 Å². The molecular weight excluding hydrogens is 332 g/mol. The molecule has 0 spiro atoms. The third-order valence-corrected chi connectivity index (χ3v) is 4.39. The standard InChI is InChI=1S/C14H15BrN6/c1-11-3-2-4-12(14(11)15)7-21-8-13(18-19-21)5-6-20-10-16-9-17-20/h2-4,8-10H,5-7H2,1H3. The number of rotatable bonds is 5. The first-order chi connectivity index (χ1) is 10.2. The zero-order valence-electron chi connectivity index (χ0n) is 11.6. The average molecular weight is 347 g/mol. The highest BCUT2D eigenvalue weighted by Gasteiger charge is 2.06. The van der Waals surface area contributed by atoms with Crippen LogP contribution in [-0.2, 0) is 19.5 Å². The summed E-state index contributed by atoms with van der Waals surface area (Å²) in [5.74, 6) is 0. The van der Waals surface area contributed by atoms with Gasteiger partial charge in [-0.05, 0) is 18.1 Å². The van der Waals surface area contributed by atoms with Gasteiger partial charge in [0.15, 0.2) is 0 Å². The molecule has 0 radical (unpaired) electrons. The number of nitrogens with zero attached hydrogens (tertiary/aromatic N) is 6. The molecule has 0 fully saturated rings. The van der Waals surface area contributed by atoms with Gasteiger partial charge in [-0.1, -0.05) is 39.3 Å². The minimum atomic E-state index is 0.707.